The lowest BCUT2D eigenvalue weighted by Crippen LogP contribution is -2.32. The fourth-order valence-electron chi connectivity index (χ4n) is 3.55. The Morgan fingerprint density at radius 1 is 1.24 bits per heavy atom. The van der Waals surface area contributed by atoms with Crippen molar-refractivity contribution in [2.75, 3.05) is 0 Å². The van der Waals surface area contributed by atoms with E-state index in [0.29, 0.717) is 40.4 Å². The van der Waals surface area contributed by atoms with Crippen LogP contribution < -0.4 is 0 Å². The normalized spacial score (nSPS) is 13.7. The number of fused-ring (bicyclic) bond motifs is 1. The van der Waals surface area contributed by atoms with Crippen LogP contribution in [0.25, 0.3) is 22.6 Å². The molecule has 3 heterocycles. The maximum atomic E-state index is 13.7. The number of hydrogen-bond acceptors (Lipinski definition) is 5. The molecule has 1 aliphatic carbocycles. The summed E-state index contributed by atoms with van der Waals surface area (Å²) in [4.78, 5) is 20.1. The van der Waals surface area contributed by atoms with E-state index in [1.807, 2.05) is 42.2 Å². The largest absolute Gasteiger partial charge is 0.463 e. The van der Waals surface area contributed by atoms with Crippen molar-refractivity contribution in [3.8, 4) is 11.5 Å². The predicted molar refractivity (Wildman–Crippen MR) is 111 cm³/mol. The Balaban J connectivity index is 1.59. The molecule has 0 unspecified atom stereocenters. The molecular weight excluding hydrogens is 434 g/mol. The summed E-state index contributed by atoms with van der Waals surface area (Å²) in [6.45, 7) is 2.37. The molecule has 1 saturated carbocycles. The SMILES string of the molecule is Cc1noc2nc(-c3ccco3)cc(C(=O)N(Cc3cccc(Br)c3)C3CC3)c12. The molecule has 1 amide bonds. The van der Waals surface area contributed by atoms with Gasteiger partial charge >= 0.3 is 0 Å². The number of carbonyl (C=O) groups excluding carboxylic acids is 1. The average molecular weight is 452 g/mol. The van der Waals surface area contributed by atoms with Crippen molar-refractivity contribution in [2.45, 2.75) is 32.4 Å². The van der Waals surface area contributed by atoms with Gasteiger partial charge in [0.25, 0.3) is 11.6 Å². The smallest absolute Gasteiger partial charge is 0.259 e. The van der Waals surface area contributed by atoms with Crippen LogP contribution in [-0.4, -0.2) is 27.0 Å². The molecule has 4 aromatic rings. The Hall–Kier alpha value is -2.93. The minimum absolute atomic E-state index is 0.0426. The first-order chi connectivity index (χ1) is 14.1. The molecule has 5 rings (SSSR count). The second-order valence-corrected chi connectivity index (χ2v) is 8.19. The van der Waals surface area contributed by atoms with E-state index < -0.39 is 0 Å². The Bertz CT molecular complexity index is 1200. The third-order valence-electron chi connectivity index (χ3n) is 5.11. The van der Waals surface area contributed by atoms with Gasteiger partial charge in [0, 0.05) is 17.1 Å². The van der Waals surface area contributed by atoms with Crippen LogP contribution in [-0.2, 0) is 6.54 Å². The number of aryl methyl sites for hydroxylation is 1. The third-order valence-corrected chi connectivity index (χ3v) is 5.60. The van der Waals surface area contributed by atoms with Crippen LogP contribution in [0.2, 0.25) is 0 Å². The van der Waals surface area contributed by atoms with Crippen molar-refractivity contribution in [1.29, 1.82) is 0 Å². The van der Waals surface area contributed by atoms with Gasteiger partial charge in [-0.15, -0.1) is 0 Å². The Kier molecular flexibility index (Phi) is 4.47. The Labute approximate surface area is 175 Å². The molecular formula is C22H18BrN3O3. The summed E-state index contributed by atoms with van der Waals surface area (Å²) in [5, 5.41) is 4.69. The zero-order chi connectivity index (χ0) is 20.0. The van der Waals surface area contributed by atoms with E-state index in [1.54, 1.807) is 18.4 Å². The van der Waals surface area contributed by atoms with Crippen LogP contribution in [0.1, 0.15) is 34.5 Å². The van der Waals surface area contributed by atoms with E-state index in [-0.39, 0.29) is 11.9 Å². The summed E-state index contributed by atoms with van der Waals surface area (Å²) in [5.41, 5.74) is 3.18. The number of carbonyl (C=O) groups is 1. The van der Waals surface area contributed by atoms with Gasteiger partial charge in [0.1, 0.15) is 5.69 Å². The van der Waals surface area contributed by atoms with Gasteiger partial charge in [-0.05, 0) is 55.7 Å². The molecule has 0 radical (unpaired) electrons. The van der Waals surface area contributed by atoms with Crippen LogP contribution >= 0.6 is 15.9 Å². The van der Waals surface area contributed by atoms with E-state index >= 15 is 0 Å². The summed E-state index contributed by atoms with van der Waals surface area (Å²) in [6, 6.07) is 13.7. The number of amides is 1. The first-order valence-corrected chi connectivity index (χ1v) is 10.3. The number of rotatable bonds is 5. The molecule has 0 bridgehead atoms. The summed E-state index contributed by atoms with van der Waals surface area (Å²) in [7, 11) is 0. The number of benzene rings is 1. The van der Waals surface area contributed by atoms with Crippen molar-refractivity contribution in [1.82, 2.24) is 15.0 Å². The lowest BCUT2D eigenvalue weighted by molar-refractivity contribution is 0.0732. The van der Waals surface area contributed by atoms with Crippen LogP contribution in [0, 0.1) is 6.92 Å². The molecule has 6 nitrogen and oxygen atoms in total. The van der Waals surface area contributed by atoms with E-state index in [0.717, 1.165) is 22.9 Å². The lowest BCUT2D eigenvalue weighted by Gasteiger charge is -2.23. The van der Waals surface area contributed by atoms with Gasteiger partial charge in [-0.1, -0.05) is 33.2 Å². The number of halogens is 1. The zero-order valence-corrected chi connectivity index (χ0v) is 17.3. The topological polar surface area (TPSA) is 72.4 Å². The van der Waals surface area contributed by atoms with Gasteiger partial charge < -0.3 is 13.8 Å². The maximum Gasteiger partial charge on any atom is 0.259 e. The van der Waals surface area contributed by atoms with Crippen molar-refractivity contribution >= 4 is 32.9 Å². The van der Waals surface area contributed by atoms with E-state index in [1.165, 1.54) is 0 Å². The van der Waals surface area contributed by atoms with E-state index in [9.17, 15) is 4.79 Å². The summed E-state index contributed by atoms with van der Waals surface area (Å²) in [6.07, 6.45) is 3.61. The Morgan fingerprint density at radius 3 is 2.83 bits per heavy atom. The predicted octanol–water partition coefficient (Wildman–Crippen LogP) is 5.36. The quantitative estimate of drug-likeness (QED) is 0.408. The highest BCUT2D eigenvalue weighted by Crippen LogP contribution is 2.33. The molecule has 0 saturated heterocycles. The average Bonchev–Trinajstić information content (AvgIpc) is 3.26. The molecule has 29 heavy (non-hydrogen) atoms. The van der Waals surface area contributed by atoms with Gasteiger partial charge in [0.05, 0.1) is 22.9 Å². The van der Waals surface area contributed by atoms with Gasteiger partial charge in [-0.25, -0.2) is 4.98 Å². The molecule has 3 aromatic heterocycles. The van der Waals surface area contributed by atoms with Gasteiger partial charge in [0.2, 0.25) is 0 Å². The standard InChI is InChI=1S/C22H18BrN3O3/c1-13-20-17(11-18(19-6-3-9-28-19)24-21(20)29-25-13)22(27)26(16-7-8-16)12-14-4-2-5-15(23)10-14/h2-6,9-11,16H,7-8,12H2,1H3. The van der Waals surface area contributed by atoms with Gasteiger partial charge in [-0.2, -0.15) is 0 Å². The first-order valence-electron chi connectivity index (χ1n) is 9.46. The molecule has 1 fully saturated rings. The first kappa shape index (κ1) is 18.1. The lowest BCUT2D eigenvalue weighted by atomic mass is 10.1. The second-order valence-electron chi connectivity index (χ2n) is 7.27. The van der Waals surface area contributed by atoms with Crippen LogP contribution in [0.15, 0.2) is 62.1 Å². The fourth-order valence-corrected chi connectivity index (χ4v) is 4.00. The van der Waals surface area contributed by atoms with E-state index in [4.69, 9.17) is 8.94 Å². The Morgan fingerprint density at radius 2 is 2.10 bits per heavy atom. The van der Waals surface area contributed by atoms with Crippen molar-refractivity contribution in [3.63, 3.8) is 0 Å². The van der Waals surface area contributed by atoms with Gasteiger partial charge in [0.15, 0.2) is 5.76 Å². The summed E-state index contributed by atoms with van der Waals surface area (Å²) >= 11 is 3.51. The highest BCUT2D eigenvalue weighted by Gasteiger charge is 2.35. The number of furan rings is 1. The zero-order valence-electron chi connectivity index (χ0n) is 15.8. The highest BCUT2D eigenvalue weighted by molar-refractivity contribution is 9.10. The fraction of sp³-hybridized carbons (Fsp3) is 0.227. The van der Waals surface area contributed by atoms with E-state index in [2.05, 4.69) is 26.1 Å². The molecule has 1 aromatic carbocycles. The second kappa shape index (κ2) is 7.15. The molecule has 0 spiro atoms. The highest BCUT2D eigenvalue weighted by atomic mass is 79.9. The van der Waals surface area contributed by atoms with Crippen LogP contribution in [0.4, 0.5) is 0 Å². The monoisotopic (exact) mass is 451 g/mol. The number of hydrogen-bond donors (Lipinski definition) is 0. The maximum absolute atomic E-state index is 13.7. The molecule has 0 N–H and O–H groups in total. The minimum atomic E-state index is -0.0426. The van der Waals surface area contributed by atoms with Gasteiger partial charge in [-0.3, -0.25) is 4.79 Å². The molecule has 146 valence electrons. The summed E-state index contributed by atoms with van der Waals surface area (Å²) < 4.78 is 11.9. The van der Waals surface area contributed by atoms with Crippen molar-refractivity contribution in [2.24, 2.45) is 0 Å². The summed E-state index contributed by atoms with van der Waals surface area (Å²) in [5.74, 6) is 0.541. The minimum Gasteiger partial charge on any atom is -0.463 e. The van der Waals surface area contributed by atoms with Crippen molar-refractivity contribution < 1.29 is 13.7 Å². The number of nitrogens with zero attached hydrogens (tertiary/aromatic N) is 3. The third kappa shape index (κ3) is 3.46. The number of pyridine rings is 1. The molecule has 0 aliphatic heterocycles. The molecule has 7 heteroatoms. The number of aromatic nitrogens is 2. The molecule has 0 atom stereocenters. The van der Waals surface area contributed by atoms with Crippen LogP contribution in [0.5, 0.6) is 0 Å². The van der Waals surface area contributed by atoms with Crippen LogP contribution in [0.3, 0.4) is 0 Å². The molecule has 1 aliphatic rings. The van der Waals surface area contributed by atoms with Crippen molar-refractivity contribution in [3.05, 3.63) is 70.0 Å².